The lowest BCUT2D eigenvalue weighted by Gasteiger charge is -2.23. The van der Waals surface area contributed by atoms with Crippen LogP contribution in [0.25, 0.3) is 0 Å². The molecule has 0 unspecified atom stereocenters. The third-order valence-corrected chi connectivity index (χ3v) is 6.82. The van der Waals surface area contributed by atoms with Crippen LogP contribution in [0.4, 0.5) is 0 Å². The molecule has 11 nitrogen and oxygen atoms in total. The van der Waals surface area contributed by atoms with Gasteiger partial charge in [0, 0.05) is 12.2 Å². The van der Waals surface area contributed by atoms with Crippen LogP contribution in [-0.4, -0.2) is 69.6 Å². The minimum atomic E-state index is -1.24. The van der Waals surface area contributed by atoms with Crippen molar-refractivity contribution in [1.82, 2.24) is 10.6 Å². The fourth-order valence-electron chi connectivity index (χ4n) is 3.66. The predicted octanol–water partition coefficient (Wildman–Crippen LogP) is 0.543. The van der Waals surface area contributed by atoms with Gasteiger partial charge in [0.05, 0.1) is 11.2 Å². The van der Waals surface area contributed by atoms with E-state index in [0.717, 1.165) is 18.4 Å². The summed E-state index contributed by atoms with van der Waals surface area (Å²) in [4.78, 5) is 58.9. The maximum absolute atomic E-state index is 12.6. The van der Waals surface area contributed by atoms with Crippen molar-refractivity contribution in [2.75, 3.05) is 12.3 Å². The van der Waals surface area contributed by atoms with Crippen LogP contribution in [0.5, 0.6) is 0 Å². The number of fused-ring (bicyclic) bond motifs is 1. The number of thioether (sulfide) groups is 1. The molecule has 2 aliphatic rings. The Bertz CT molecular complexity index is 872. The predicted molar refractivity (Wildman–Crippen MR) is 124 cm³/mol. The van der Waals surface area contributed by atoms with E-state index in [-0.39, 0.29) is 35.7 Å². The van der Waals surface area contributed by atoms with Crippen molar-refractivity contribution >= 4 is 41.5 Å². The molecule has 0 radical (unpaired) electrons. The monoisotopic (exact) mass is 497 g/mol. The third kappa shape index (κ3) is 7.87. The van der Waals surface area contributed by atoms with Gasteiger partial charge in [0.1, 0.15) is 24.4 Å². The van der Waals surface area contributed by atoms with Gasteiger partial charge in [-0.25, -0.2) is 0 Å². The molecule has 2 amide bonds. The van der Waals surface area contributed by atoms with E-state index in [1.54, 1.807) is 0 Å². The van der Waals surface area contributed by atoms with Gasteiger partial charge in [-0.15, -0.1) is 11.8 Å². The van der Waals surface area contributed by atoms with Gasteiger partial charge in [-0.1, -0.05) is 25.5 Å². The van der Waals surface area contributed by atoms with Crippen LogP contribution < -0.4 is 16.4 Å². The van der Waals surface area contributed by atoms with E-state index < -0.39 is 42.4 Å². The highest BCUT2D eigenvalue weighted by atomic mass is 32.2. The van der Waals surface area contributed by atoms with Crippen LogP contribution >= 0.6 is 11.8 Å². The lowest BCUT2D eigenvalue weighted by molar-refractivity contribution is -0.140. The quantitative estimate of drug-likeness (QED) is 0.168. The zero-order chi connectivity index (χ0) is 25.3. The van der Waals surface area contributed by atoms with Gasteiger partial charge < -0.3 is 31.3 Å². The maximum atomic E-state index is 12.6. The van der Waals surface area contributed by atoms with Gasteiger partial charge >= 0.3 is 17.9 Å². The summed E-state index contributed by atoms with van der Waals surface area (Å²) in [6.45, 7) is 1.37. The summed E-state index contributed by atoms with van der Waals surface area (Å²) in [7, 11) is 0. The minimum absolute atomic E-state index is 0.0989. The summed E-state index contributed by atoms with van der Waals surface area (Å²) in [6, 6.07) is -2.28. The number of hydrogen-bond donors (Lipinski definition) is 5. The Balaban J connectivity index is 2.10. The fraction of sp³-hybridized carbons (Fsp3) is 0.591. The smallest absolute Gasteiger partial charge is 0.322 e. The first-order valence-electron chi connectivity index (χ1n) is 11.1. The number of ether oxygens (including phenoxy) is 1. The highest BCUT2D eigenvalue weighted by molar-refractivity contribution is 8.00. The van der Waals surface area contributed by atoms with Crippen LogP contribution in [0.15, 0.2) is 23.5 Å². The number of carboxylic acid groups (broad SMARTS) is 2. The lowest BCUT2D eigenvalue weighted by atomic mass is 9.90. The Morgan fingerprint density at radius 3 is 2.65 bits per heavy atom. The molecular weight excluding hydrogens is 466 g/mol. The van der Waals surface area contributed by atoms with Crippen molar-refractivity contribution in [3.8, 4) is 0 Å². The average molecular weight is 498 g/mol. The number of nitrogens with two attached hydrogens (primary N) is 1. The number of carboxylic acids is 2. The van der Waals surface area contributed by atoms with Gasteiger partial charge in [0.25, 0.3) is 0 Å². The van der Waals surface area contributed by atoms with E-state index in [1.807, 2.05) is 19.1 Å². The first-order chi connectivity index (χ1) is 16.1. The molecule has 12 heteroatoms. The number of aliphatic carboxylic acids is 2. The van der Waals surface area contributed by atoms with Gasteiger partial charge in [0.2, 0.25) is 11.8 Å². The molecule has 6 N–H and O–H groups in total. The Labute approximate surface area is 201 Å². The van der Waals surface area contributed by atoms with Crippen molar-refractivity contribution in [3.63, 3.8) is 0 Å². The van der Waals surface area contributed by atoms with Gasteiger partial charge in [0.15, 0.2) is 0 Å². The molecule has 0 aromatic rings. The van der Waals surface area contributed by atoms with E-state index in [2.05, 4.69) is 10.6 Å². The standard InChI is InChI=1S/C22H31N3O8S/c1-2-5-16(19-12-6-3-4-7-13(12)22(32)33-19)34-11-15(20(29)24-10-18(27)28)25-17(26)9-8-14(23)21(30)31/h4,7,13-16H,2-3,5-6,8-11,23H2,1H3,(H,24,29)(H,25,26)(H,27,28)(H,30,31)/t13-,14+,15+,16-/m1/s1. The number of hydrogen-bond acceptors (Lipinski definition) is 8. The summed E-state index contributed by atoms with van der Waals surface area (Å²) < 4.78 is 5.60. The molecule has 0 spiro atoms. The summed E-state index contributed by atoms with van der Waals surface area (Å²) in [6.07, 6.45) is 6.47. The van der Waals surface area contributed by atoms with Crippen LogP contribution in [-0.2, 0) is 28.7 Å². The largest absolute Gasteiger partial charge is 0.480 e. The molecule has 0 aromatic heterocycles. The maximum Gasteiger partial charge on any atom is 0.322 e. The Morgan fingerprint density at radius 1 is 1.26 bits per heavy atom. The normalized spacial score (nSPS) is 19.6. The zero-order valence-corrected chi connectivity index (χ0v) is 19.8. The van der Waals surface area contributed by atoms with E-state index in [9.17, 15) is 24.0 Å². The molecule has 34 heavy (non-hydrogen) atoms. The van der Waals surface area contributed by atoms with Crippen LogP contribution in [0.3, 0.4) is 0 Å². The molecule has 0 fully saturated rings. The summed E-state index contributed by atoms with van der Waals surface area (Å²) in [5.74, 6) is -3.72. The molecule has 1 aliphatic carbocycles. The number of carbonyl (C=O) groups excluding carboxylic acids is 3. The fourth-order valence-corrected chi connectivity index (χ4v) is 5.07. The number of rotatable bonds is 14. The molecular formula is C22H31N3O8S. The molecule has 0 aromatic carbocycles. The molecule has 0 saturated carbocycles. The second-order valence-electron chi connectivity index (χ2n) is 8.08. The zero-order valence-electron chi connectivity index (χ0n) is 19.0. The SMILES string of the molecule is CCC[C@@H](SC[C@H](NC(=O)CC[C@H](N)C(=O)O)C(=O)NCC(=O)O)C1=C2CCC=C[C@H]2C(=O)O1. The Hall–Kier alpha value is -2.86. The second kappa shape index (κ2) is 13.1. The van der Waals surface area contributed by atoms with Crippen LogP contribution in [0.2, 0.25) is 0 Å². The van der Waals surface area contributed by atoms with E-state index in [1.165, 1.54) is 11.8 Å². The first-order valence-corrected chi connectivity index (χ1v) is 12.2. The average Bonchev–Trinajstić information content (AvgIpc) is 3.14. The number of cyclic esters (lactones) is 1. The van der Waals surface area contributed by atoms with Crippen LogP contribution in [0, 0.1) is 5.92 Å². The number of amides is 2. The topological polar surface area (TPSA) is 185 Å². The molecule has 0 bridgehead atoms. The van der Waals surface area contributed by atoms with E-state index in [4.69, 9.17) is 20.7 Å². The summed E-state index contributed by atoms with van der Waals surface area (Å²) in [5, 5.41) is 22.3. The Kier molecular flexibility index (Phi) is 10.6. The van der Waals surface area contributed by atoms with Crippen molar-refractivity contribution in [1.29, 1.82) is 0 Å². The van der Waals surface area contributed by atoms with Gasteiger partial charge in [-0.2, -0.15) is 0 Å². The number of esters is 1. The number of allylic oxidation sites excluding steroid dienone is 1. The first kappa shape index (κ1) is 27.4. The van der Waals surface area contributed by atoms with E-state index >= 15 is 0 Å². The summed E-state index contributed by atoms with van der Waals surface area (Å²) >= 11 is 1.34. The highest BCUT2D eigenvalue weighted by Crippen LogP contribution is 2.40. The third-order valence-electron chi connectivity index (χ3n) is 5.44. The number of carbonyl (C=O) groups is 5. The minimum Gasteiger partial charge on any atom is -0.480 e. The Morgan fingerprint density at radius 2 is 2.00 bits per heavy atom. The van der Waals surface area contributed by atoms with Gasteiger partial charge in [-0.05, 0) is 31.3 Å². The molecule has 1 aliphatic heterocycles. The van der Waals surface area contributed by atoms with Crippen molar-refractivity contribution < 1.29 is 38.9 Å². The molecule has 0 saturated heterocycles. The molecule has 2 rings (SSSR count). The molecule has 1 heterocycles. The van der Waals surface area contributed by atoms with Crippen molar-refractivity contribution in [2.24, 2.45) is 11.7 Å². The summed E-state index contributed by atoms with van der Waals surface area (Å²) in [5.41, 5.74) is 6.36. The lowest BCUT2D eigenvalue weighted by Crippen LogP contribution is -2.49. The second-order valence-corrected chi connectivity index (χ2v) is 9.32. The highest BCUT2D eigenvalue weighted by Gasteiger charge is 2.38. The van der Waals surface area contributed by atoms with Gasteiger partial charge in [-0.3, -0.25) is 24.0 Å². The molecule has 4 atom stereocenters. The number of nitrogens with one attached hydrogen (secondary N) is 2. The molecule has 188 valence electrons. The van der Waals surface area contributed by atoms with Crippen molar-refractivity contribution in [2.45, 2.75) is 62.8 Å². The van der Waals surface area contributed by atoms with Crippen LogP contribution in [0.1, 0.15) is 45.4 Å². The van der Waals surface area contributed by atoms with E-state index in [0.29, 0.717) is 18.6 Å². The van der Waals surface area contributed by atoms with Crippen molar-refractivity contribution in [3.05, 3.63) is 23.5 Å².